The number of benzene rings is 2. The molecule has 1 saturated carbocycles. The lowest BCUT2D eigenvalue weighted by atomic mass is 9.68. The van der Waals surface area contributed by atoms with E-state index in [1.165, 1.54) is 16.7 Å². The lowest BCUT2D eigenvalue weighted by Gasteiger charge is -2.45. The van der Waals surface area contributed by atoms with Gasteiger partial charge in [-0.05, 0) is 119 Å². The fourth-order valence-electron chi connectivity index (χ4n) is 9.28. The second-order valence-corrected chi connectivity index (χ2v) is 19.5. The fourth-order valence-corrected chi connectivity index (χ4v) is 11.2. The van der Waals surface area contributed by atoms with Crippen LogP contribution in [0.3, 0.4) is 0 Å². The molecule has 5 aliphatic rings. The van der Waals surface area contributed by atoms with Gasteiger partial charge in [-0.25, -0.2) is 4.21 Å². The highest BCUT2D eigenvalue weighted by Crippen LogP contribution is 2.46. The van der Waals surface area contributed by atoms with Crippen LogP contribution in [0.1, 0.15) is 103 Å². The number of ether oxygens (including phenoxy) is 2. The standard InChI is InChI=1S/C43H54N4O6S/c1-27-11-15-36-30(18-27)9-7-17-43(36)25-47-21-32-12-14-35(32)38(48)10-6-8-28(2)29(3)54(51,44-40(49)31-13-16-39(52-26-43)37(47)20-31)45-41(50)33-19-34-23-53-42(4,5)24-46(34)22-33/h6,10-11,13,15-16,18-20,22,28-29,32,35,38,48H,7-9,12,14,17,21,23-26H2,1-5H3,(H,44,45,49,50,51)/b10-6+/t28-,29+,32-,35+,38-,43-,54?/m0/s1. The Morgan fingerprint density at radius 1 is 1.09 bits per heavy atom. The highest BCUT2D eigenvalue weighted by Gasteiger charge is 2.44. The van der Waals surface area contributed by atoms with Gasteiger partial charge in [-0.15, -0.1) is 4.36 Å². The van der Waals surface area contributed by atoms with E-state index in [0.29, 0.717) is 50.6 Å². The SMILES string of the molecule is Cc1ccc2c(c1)CCC[C@]21COc2ccc3cc2N(C[C@@H]2CC[C@H]2[C@@H](O)/C=C/C[C@H](C)[C@@H](C)S(=O)(NC(=O)c2cc4n(c2)CC(C)(C)OC4)=NC3=O)C1. The van der Waals surface area contributed by atoms with E-state index >= 15 is 4.21 Å². The van der Waals surface area contributed by atoms with Gasteiger partial charge in [0.2, 0.25) is 0 Å². The maximum atomic E-state index is 15.0. The molecule has 3 aromatic rings. The number of fused-ring (bicyclic) bond motifs is 5. The summed E-state index contributed by atoms with van der Waals surface area (Å²) < 4.78 is 36.7. The molecule has 1 unspecified atom stereocenters. The molecule has 0 radical (unpaired) electrons. The van der Waals surface area contributed by atoms with E-state index in [1.54, 1.807) is 25.3 Å². The molecular weight excluding hydrogens is 701 g/mol. The predicted octanol–water partition coefficient (Wildman–Crippen LogP) is 6.90. The molecule has 1 aromatic heterocycles. The quantitative estimate of drug-likeness (QED) is 0.273. The van der Waals surface area contributed by atoms with Crippen LogP contribution in [0.25, 0.3) is 0 Å². The highest BCUT2D eigenvalue weighted by molar-refractivity contribution is 7.93. The van der Waals surface area contributed by atoms with Gasteiger partial charge in [-0.2, -0.15) is 0 Å². The van der Waals surface area contributed by atoms with Gasteiger partial charge in [0, 0.05) is 36.0 Å². The van der Waals surface area contributed by atoms with Crippen molar-refractivity contribution >= 4 is 27.4 Å². The number of nitrogens with one attached hydrogen (secondary N) is 1. The van der Waals surface area contributed by atoms with Gasteiger partial charge >= 0.3 is 0 Å². The van der Waals surface area contributed by atoms with Crippen LogP contribution in [0.5, 0.6) is 5.75 Å². The van der Waals surface area contributed by atoms with Crippen LogP contribution in [-0.4, -0.2) is 62.3 Å². The lowest BCUT2D eigenvalue weighted by Crippen LogP contribution is -2.49. The van der Waals surface area contributed by atoms with Gasteiger partial charge < -0.3 is 24.0 Å². The van der Waals surface area contributed by atoms with Gasteiger partial charge in [-0.1, -0.05) is 42.8 Å². The van der Waals surface area contributed by atoms with Crippen molar-refractivity contribution in [1.29, 1.82) is 0 Å². The van der Waals surface area contributed by atoms with Crippen molar-refractivity contribution in [2.75, 3.05) is 24.6 Å². The molecule has 1 spiro atoms. The minimum Gasteiger partial charge on any atom is -0.490 e. The Labute approximate surface area is 319 Å². The zero-order chi connectivity index (χ0) is 38.0. The van der Waals surface area contributed by atoms with Gasteiger partial charge in [0.25, 0.3) is 11.8 Å². The summed E-state index contributed by atoms with van der Waals surface area (Å²) in [6, 6.07) is 13.9. The first kappa shape index (κ1) is 37.0. The Bertz CT molecular complexity index is 2130. The number of aliphatic hydroxyl groups is 1. The summed E-state index contributed by atoms with van der Waals surface area (Å²) in [5.74, 6) is -0.352. The topological polar surface area (TPSA) is 122 Å². The van der Waals surface area contributed by atoms with E-state index in [2.05, 4.69) is 39.1 Å². The molecular formula is C43H54N4O6S. The first-order valence-electron chi connectivity index (χ1n) is 19.6. The first-order chi connectivity index (χ1) is 25.7. The third-order valence-electron chi connectivity index (χ3n) is 12.9. The van der Waals surface area contributed by atoms with Crippen LogP contribution in [0, 0.1) is 24.7 Å². The second-order valence-electron chi connectivity index (χ2n) is 17.3. The number of carbonyl (C=O) groups is 2. The Kier molecular flexibility index (Phi) is 9.58. The van der Waals surface area contributed by atoms with Crippen molar-refractivity contribution in [3.05, 3.63) is 94.3 Å². The third-order valence-corrected chi connectivity index (χ3v) is 15.2. The van der Waals surface area contributed by atoms with E-state index in [1.807, 2.05) is 49.6 Å². The molecule has 7 atom stereocenters. The molecule has 2 aromatic carbocycles. The summed E-state index contributed by atoms with van der Waals surface area (Å²) in [7, 11) is -3.64. The van der Waals surface area contributed by atoms with Crippen molar-refractivity contribution in [2.45, 2.75) is 109 Å². The molecule has 4 heterocycles. The van der Waals surface area contributed by atoms with Crippen molar-refractivity contribution in [2.24, 2.45) is 22.1 Å². The molecule has 1 fully saturated rings. The molecule has 11 heteroatoms. The molecule has 2 bridgehead atoms. The van der Waals surface area contributed by atoms with E-state index in [-0.39, 0.29) is 34.3 Å². The largest absolute Gasteiger partial charge is 0.490 e. The van der Waals surface area contributed by atoms with Gasteiger partial charge in [0.1, 0.15) is 15.7 Å². The van der Waals surface area contributed by atoms with Crippen molar-refractivity contribution in [3.63, 3.8) is 0 Å². The highest BCUT2D eigenvalue weighted by atomic mass is 32.2. The number of hydrogen-bond donors (Lipinski definition) is 2. The molecule has 0 saturated heterocycles. The molecule has 2 N–H and O–H groups in total. The Hall–Kier alpha value is -3.93. The molecule has 8 rings (SSSR count). The lowest BCUT2D eigenvalue weighted by molar-refractivity contribution is -0.0625. The summed E-state index contributed by atoms with van der Waals surface area (Å²) in [6.45, 7) is 12.7. The van der Waals surface area contributed by atoms with Gasteiger partial charge in [-0.3, -0.25) is 14.3 Å². The summed E-state index contributed by atoms with van der Waals surface area (Å²) in [4.78, 5) is 30.5. The minimum atomic E-state index is -3.64. The number of hydrogen-bond acceptors (Lipinski definition) is 7. The molecule has 3 aliphatic heterocycles. The van der Waals surface area contributed by atoms with Gasteiger partial charge in [0.05, 0.1) is 48.0 Å². The van der Waals surface area contributed by atoms with Crippen LogP contribution in [0.15, 0.2) is 65.2 Å². The fraction of sp³-hybridized carbons (Fsp3) is 0.535. The van der Waals surface area contributed by atoms with Crippen molar-refractivity contribution in [3.8, 4) is 5.75 Å². The zero-order valence-electron chi connectivity index (χ0n) is 32.2. The summed E-state index contributed by atoms with van der Waals surface area (Å²) in [5.41, 5.74) is 5.62. The number of aryl methyl sites for hydroxylation is 2. The molecule has 10 nitrogen and oxygen atoms in total. The molecule has 288 valence electrons. The number of aromatic nitrogens is 1. The second kappa shape index (κ2) is 14.0. The van der Waals surface area contributed by atoms with Crippen LogP contribution in [-0.2, 0) is 39.6 Å². The summed E-state index contributed by atoms with van der Waals surface area (Å²) >= 11 is 0. The monoisotopic (exact) mass is 754 g/mol. The molecule has 2 amide bonds. The third kappa shape index (κ3) is 6.92. The Balaban J connectivity index is 1.18. The minimum absolute atomic E-state index is 0.110. The first-order valence-corrected chi connectivity index (χ1v) is 21.2. The number of amides is 2. The summed E-state index contributed by atoms with van der Waals surface area (Å²) in [6.07, 6.45) is 10.5. The zero-order valence-corrected chi connectivity index (χ0v) is 33.0. The maximum Gasteiger partial charge on any atom is 0.286 e. The molecule has 2 aliphatic carbocycles. The Morgan fingerprint density at radius 3 is 2.72 bits per heavy atom. The number of anilines is 1. The average molecular weight is 755 g/mol. The van der Waals surface area contributed by atoms with E-state index in [4.69, 9.17) is 9.47 Å². The summed E-state index contributed by atoms with van der Waals surface area (Å²) in [5, 5.41) is 10.8. The average Bonchev–Trinajstić information content (AvgIpc) is 3.47. The number of allylic oxidation sites excluding steroid dienone is 1. The van der Waals surface area contributed by atoms with E-state index in [9.17, 15) is 14.7 Å². The van der Waals surface area contributed by atoms with E-state index in [0.717, 1.165) is 43.5 Å². The number of aliphatic hydroxyl groups excluding tert-OH is 1. The van der Waals surface area contributed by atoms with Crippen LogP contribution >= 0.6 is 0 Å². The maximum absolute atomic E-state index is 15.0. The van der Waals surface area contributed by atoms with Crippen molar-refractivity contribution in [1.82, 2.24) is 9.29 Å². The number of carbonyl (C=O) groups excluding carboxylic acids is 2. The van der Waals surface area contributed by atoms with Crippen LogP contribution < -0.4 is 14.4 Å². The van der Waals surface area contributed by atoms with Crippen LogP contribution in [0.2, 0.25) is 0 Å². The van der Waals surface area contributed by atoms with Crippen LogP contribution in [0.4, 0.5) is 5.69 Å². The molecule has 54 heavy (non-hydrogen) atoms. The van der Waals surface area contributed by atoms with Crippen molar-refractivity contribution < 1.29 is 28.4 Å². The van der Waals surface area contributed by atoms with Gasteiger partial charge in [0.15, 0.2) is 0 Å². The normalized spacial score (nSPS) is 32.4. The Morgan fingerprint density at radius 2 is 1.93 bits per heavy atom. The number of nitrogens with zero attached hydrogens (tertiary/aromatic N) is 3. The van der Waals surface area contributed by atoms with E-state index < -0.39 is 33.1 Å². The number of rotatable bonds is 2. The smallest absolute Gasteiger partial charge is 0.286 e. The predicted molar refractivity (Wildman–Crippen MR) is 210 cm³/mol.